The van der Waals surface area contributed by atoms with Crippen molar-refractivity contribution in [2.45, 2.75) is 26.4 Å². The number of hydrogen-bond acceptors (Lipinski definition) is 4. The van der Waals surface area contributed by atoms with Gasteiger partial charge in [-0.3, -0.25) is 4.84 Å². The number of methoxy groups -OCH3 is 1. The van der Waals surface area contributed by atoms with E-state index in [0.717, 1.165) is 0 Å². The molecule has 0 bridgehead atoms. The van der Waals surface area contributed by atoms with Gasteiger partial charge in [0.1, 0.15) is 0 Å². The van der Waals surface area contributed by atoms with Crippen LogP contribution in [0.1, 0.15) is 20.3 Å². The first kappa shape index (κ1) is 10.4. The van der Waals surface area contributed by atoms with E-state index in [0.29, 0.717) is 12.3 Å². The van der Waals surface area contributed by atoms with Crippen LogP contribution in [0.4, 0.5) is 0 Å². The summed E-state index contributed by atoms with van der Waals surface area (Å²) in [6, 6.07) is 0. The fraction of sp³-hybridized carbons (Fsp3) is 0.857. The van der Waals surface area contributed by atoms with Gasteiger partial charge in [-0.25, -0.2) is 10.7 Å². The van der Waals surface area contributed by atoms with Gasteiger partial charge in [-0.1, -0.05) is 13.8 Å². The van der Waals surface area contributed by atoms with E-state index in [1.54, 1.807) is 0 Å². The molecule has 0 aliphatic carbocycles. The monoisotopic (exact) mass is 161 g/mol. The zero-order valence-corrected chi connectivity index (χ0v) is 7.16. The molecule has 0 unspecified atom stereocenters. The van der Waals surface area contributed by atoms with Crippen molar-refractivity contribution in [3.8, 4) is 0 Å². The maximum Gasteiger partial charge on any atom is 0.337 e. The first-order chi connectivity index (χ1) is 5.11. The number of esters is 1. The second-order valence-electron chi connectivity index (χ2n) is 2.78. The molecule has 0 fully saturated rings. The minimum Gasteiger partial charge on any atom is -0.467 e. The van der Waals surface area contributed by atoms with Gasteiger partial charge in [-0.05, 0) is 12.3 Å². The van der Waals surface area contributed by atoms with Gasteiger partial charge in [0.05, 0.1) is 7.11 Å². The van der Waals surface area contributed by atoms with Crippen LogP contribution in [0.15, 0.2) is 0 Å². The highest BCUT2D eigenvalue weighted by Crippen LogP contribution is 2.07. The van der Waals surface area contributed by atoms with Crippen LogP contribution in [0.5, 0.6) is 0 Å². The van der Waals surface area contributed by atoms with Gasteiger partial charge in [0.25, 0.3) is 0 Å². The Kier molecular flexibility index (Phi) is 4.81. The lowest BCUT2D eigenvalue weighted by Gasteiger charge is -2.13. The molecule has 0 spiro atoms. The maximum absolute atomic E-state index is 10.9. The molecule has 0 saturated heterocycles. The van der Waals surface area contributed by atoms with E-state index < -0.39 is 12.1 Å². The van der Waals surface area contributed by atoms with Gasteiger partial charge in [-0.15, -0.1) is 0 Å². The Bertz CT molecular complexity index is 125. The van der Waals surface area contributed by atoms with Crippen molar-refractivity contribution in [3.05, 3.63) is 0 Å². The molecule has 0 radical (unpaired) electrons. The summed E-state index contributed by atoms with van der Waals surface area (Å²) >= 11 is 0. The van der Waals surface area contributed by atoms with Crippen LogP contribution in [-0.4, -0.2) is 19.2 Å². The lowest BCUT2D eigenvalue weighted by molar-refractivity contribution is -0.155. The largest absolute Gasteiger partial charge is 0.467 e. The quantitative estimate of drug-likeness (QED) is 0.480. The average molecular weight is 161 g/mol. The molecule has 0 aliphatic heterocycles. The van der Waals surface area contributed by atoms with Crippen molar-refractivity contribution in [2.75, 3.05) is 7.11 Å². The van der Waals surface area contributed by atoms with Gasteiger partial charge < -0.3 is 4.74 Å². The molecule has 0 rings (SSSR count). The molecule has 11 heavy (non-hydrogen) atoms. The number of nitrogens with two attached hydrogens (primary N) is 1. The molecule has 0 aromatic carbocycles. The van der Waals surface area contributed by atoms with Crippen molar-refractivity contribution in [2.24, 2.45) is 11.8 Å². The van der Waals surface area contributed by atoms with Crippen LogP contribution in [0.25, 0.3) is 0 Å². The van der Waals surface area contributed by atoms with Crippen molar-refractivity contribution in [1.29, 1.82) is 0 Å². The van der Waals surface area contributed by atoms with E-state index >= 15 is 0 Å². The summed E-state index contributed by atoms with van der Waals surface area (Å²) in [5.41, 5.74) is 0. The number of carbonyl (C=O) groups excluding carboxylic acids is 1. The molecule has 0 aliphatic rings. The Labute approximate surface area is 66.6 Å². The third-order valence-electron chi connectivity index (χ3n) is 1.31. The van der Waals surface area contributed by atoms with E-state index in [2.05, 4.69) is 9.57 Å². The summed E-state index contributed by atoms with van der Waals surface area (Å²) in [5.74, 6) is 4.84. The lowest BCUT2D eigenvalue weighted by atomic mass is 10.1. The number of hydrogen-bond donors (Lipinski definition) is 1. The molecule has 1 atom stereocenters. The second-order valence-corrected chi connectivity index (χ2v) is 2.78. The molecule has 0 aromatic rings. The maximum atomic E-state index is 10.9. The van der Waals surface area contributed by atoms with E-state index in [-0.39, 0.29) is 0 Å². The van der Waals surface area contributed by atoms with Crippen LogP contribution in [-0.2, 0) is 14.4 Å². The number of ether oxygens (including phenoxy) is 1. The average Bonchev–Trinajstić information content (AvgIpc) is 1.98. The molecule has 66 valence electrons. The van der Waals surface area contributed by atoms with E-state index in [1.165, 1.54) is 7.11 Å². The minimum atomic E-state index is -0.625. The zero-order valence-electron chi connectivity index (χ0n) is 7.16. The van der Waals surface area contributed by atoms with Gasteiger partial charge in [0.15, 0.2) is 6.10 Å². The second kappa shape index (κ2) is 5.09. The molecular formula is C7H15NO3. The normalized spacial score (nSPS) is 13.2. The van der Waals surface area contributed by atoms with Crippen LogP contribution >= 0.6 is 0 Å². The molecule has 0 aromatic heterocycles. The van der Waals surface area contributed by atoms with Gasteiger partial charge in [0, 0.05) is 0 Å². The van der Waals surface area contributed by atoms with E-state index in [1.807, 2.05) is 13.8 Å². The van der Waals surface area contributed by atoms with Crippen molar-refractivity contribution in [1.82, 2.24) is 0 Å². The predicted octanol–water partition coefficient (Wildman–Crippen LogP) is 0.464. The molecule has 0 saturated carbocycles. The lowest BCUT2D eigenvalue weighted by Crippen LogP contribution is -2.29. The summed E-state index contributed by atoms with van der Waals surface area (Å²) in [4.78, 5) is 15.3. The molecule has 0 amide bonds. The highest BCUT2D eigenvalue weighted by molar-refractivity contribution is 5.74. The van der Waals surface area contributed by atoms with Crippen LogP contribution in [0, 0.1) is 5.92 Å². The van der Waals surface area contributed by atoms with Crippen LogP contribution < -0.4 is 5.90 Å². The van der Waals surface area contributed by atoms with Crippen molar-refractivity contribution >= 4 is 5.97 Å². The summed E-state index contributed by atoms with van der Waals surface area (Å²) in [6.07, 6.45) is -0.0385. The van der Waals surface area contributed by atoms with Crippen LogP contribution in [0.3, 0.4) is 0 Å². The van der Waals surface area contributed by atoms with Gasteiger partial charge in [0.2, 0.25) is 0 Å². The standard InChI is InChI=1S/C7H15NO3/c1-5(2)4-6(11-8)7(9)10-3/h5-6H,4,8H2,1-3H3/t6-/m0/s1. The Hall–Kier alpha value is -0.610. The third-order valence-corrected chi connectivity index (χ3v) is 1.31. The summed E-state index contributed by atoms with van der Waals surface area (Å²) in [6.45, 7) is 3.96. The van der Waals surface area contributed by atoms with Crippen LogP contribution in [0.2, 0.25) is 0 Å². The number of rotatable bonds is 4. The Morgan fingerprint density at radius 1 is 1.55 bits per heavy atom. The molecule has 4 heteroatoms. The zero-order chi connectivity index (χ0) is 8.85. The van der Waals surface area contributed by atoms with Crippen molar-refractivity contribution < 1.29 is 14.4 Å². The minimum absolute atomic E-state index is 0.364. The topological polar surface area (TPSA) is 61.5 Å². The van der Waals surface area contributed by atoms with Gasteiger partial charge >= 0.3 is 5.97 Å². The third kappa shape index (κ3) is 3.95. The van der Waals surface area contributed by atoms with E-state index in [4.69, 9.17) is 5.90 Å². The van der Waals surface area contributed by atoms with Gasteiger partial charge in [-0.2, -0.15) is 0 Å². The molecule has 2 N–H and O–H groups in total. The highest BCUT2D eigenvalue weighted by Gasteiger charge is 2.19. The Morgan fingerprint density at radius 2 is 2.09 bits per heavy atom. The highest BCUT2D eigenvalue weighted by atomic mass is 16.6. The SMILES string of the molecule is COC(=O)[C@H](CC(C)C)ON. The molecular weight excluding hydrogens is 146 g/mol. The fourth-order valence-electron chi connectivity index (χ4n) is 0.767. The first-order valence-electron chi connectivity index (χ1n) is 3.55. The summed E-state index contributed by atoms with van der Waals surface area (Å²) in [7, 11) is 1.31. The Balaban J connectivity index is 3.84. The predicted molar refractivity (Wildman–Crippen MR) is 40.5 cm³/mol. The molecule has 0 heterocycles. The first-order valence-corrected chi connectivity index (χ1v) is 3.55. The summed E-state index contributed by atoms with van der Waals surface area (Å²) < 4.78 is 4.46. The number of carbonyl (C=O) groups is 1. The van der Waals surface area contributed by atoms with Crippen molar-refractivity contribution in [3.63, 3.8) is 0 Å². The Morgan fingerprint density at radius 3 is 2.36 bits per heavy atom. The smallest absolute Gasteiger partial charge is 0.337 e. The fourth-order valence-corrected chi connectivity index (χ4v) is 0.767. The van der Waals surface area contributed by atoms with E-state index in [9.17, 15) is 4.79 Å². The molecule has 4 nitrogen and oxygen atoms in total. The summed E-state index contributed by atoms with van der Waals surface area (Å²) in [5, 5.41) is 0.